The van der Waals surface area contributed by atoms with Gasteiger partial charge in [0.25, 0.3) is 0 Å². The normalized spacial score (nSPS) is 9.20. The average molecular weight is 247 g/mol. The lowest BCUT2D eigenvalue weighted by molar-refractivity contribution is -0.114. The van der Waals surface area contributed by atoms with Crippen molar-refractivity contribution in [1.82, 2.24) is 0 Å². The van der Waals surface area contributed by atoms with E-state index in [4.69, 9.17) is 5.73 Å². The number of amides is 1. The maximum absolute atomic E-state index is 11.0. The van der Waals surface area contributed by atoms with E-state index in [0.717, 1.165) is 11.4 Å². The molecule has 0 heterocycles. The van der Waals surface area contributed by atoms with Crippen LogP contribution >= 0.6 is 24.2 Å². The number of hydrogen-bond donors (Lipinski definition) is 2. The SMILES string of the molecule is CSCc1ccc(NC(=O)CN)cc1.Cl. The van der Waals surface area contributed by atoms with E-state index >= 15 is 0 Å². The summed E-state index contributed by atoms with van der Waals surface area (Å²) in [5, 5.41) is 2.69. The van der Waals surface area contributed by atoms with Crippen LogP contribution in [-0.4, -0.2) is 18.7 Å². The number of anilines is 1. The van der Waals surface area contributed by atoms with Crippen molar-refractivity contribution in [2.75, 3.05) is 18.1 Å². The molecule has 0 bridgehead atoms. The molecule has 0 saturated carbocycles. The minimum atomic E-state index is -0.164. The van der Waals surface area contributed by atoms with Crippen LogP contribution in [0.5, 0.6) is 0 Å². The smallest absolute Gasteiger partial charge is 0.238 e. The molecule has 0 aliphatic carbocycles. The molecular weight excluding hydrogens is 232 g/mol. The van der Waals surface area contributed by atoms with Gasteiger partial charge in [0.05, 0.1) is 6.54 Å². The molecule has 15 heavy (non-hydrogen) atoms. The minimum absolute atomic E-state index is 0. The molecule has 0 spiro atoms. The predicted octanol–water partition coefficient (Wildman–Crippen LogP) is 1.87. The molecule has 0 aromatic heterocycles. The van der Waals surface area contributed by atoms with E-state index in [1.54, 1.807) is 11.8 Å². The molecule has 1 rings (SSSR count). The molecule has 3 N–H and O–H groups in total. The molecular formula is C10H15ClN2OS. The summed E-state index contributed by atoms with van der Waals surface area (Å²) in [6.45, 7) is 0.0204. The number of rotatable bonds is 4. The van der Waals surface area contributed by atoms with Gasteiger partial charge in [-0.3, -0.25) is 4.79 Å². The zero-order valence-corrected chi connectivity index (χ0v) is 10.2. The number of nitrogens with one attached hydrogen (secondary N) is 1. The molecule has 0 aliphatic rings. The highest BCUT2D eigenvalue weighted by Crippen LogP contribution is 2.13. The highest BCUT2D eigenvalue weighted by Gasteiger charge is 1.98. The van der Waals surface area contributed by atoms with Crippen LogP contribution in [0.4, 0.5) is 5.69 Å². The van der Waals surface area contributed by atoms with Crippen molar-refractivity contribution in [3.8, 4) is 0 Å². The molecule has 0 aliphatic heterocycles. The Hall–Kier alpha value is -0.710. The molecule has 0 fully saturated rings. The average Bonchev–Trinajstić information content (AvgIpc) is 2.21. The molecule has 1 aromatic carbocycles. The lowest BCUT2D eigenvalue weighted by atomic mass is 10.2. The third-order valence-corrected chi connectivity index (χ3v) is 2.36. The molecule has 0 unspecified atom stereocenters. The third kappa shape index (κ3) is 5.06. The van der Waals surface area contributed by atoms with Crippen LogP contribution in [0, 0.1) is 0 Å². The van der Waals surface area contributed by atoms with Crippen LogP contribution in [0.2, 0.25) is 0 Å². The lowest BCUT2D eigenvalue weighted by Gasteiger charge is -2.04. The zero-order valence-electron chi connectivity index (χ0n) is 8.53. The summed E-state index contributed by atoms with van der Waals surface area (Å²) in [7, 11) is 0. The van der Waals surface area contributed by atoms with E-state index in [1.807, 2.05) is 24.3 Å². The second-order valence-corrected chi connectivity index (χ2v) is 3.75. The van der Waals surface area contributed by atoms with Crippen LogP contribution in [0.1, 0.15) is 5.56 Å². The Morgan fingerprint density at radius 2 is 2.00 bits per heavy atom. The first-order valence-electron chi connectivity index (χ1n) is 4.34. The first kappa shape index (κ1) is 14.3. The van der Waals surface area contributed by atoms with E-state index in [-0.39, 0.29) is 24.9 Å². The minimum Gasteiger partial charge on any atom is -0.325 e. The molecule has 1 aromatic rings. The molecule has 3 nitrogen and oxygen atoms in total. The first-order chi connectivity index (χ1) is 6.76. The van der Waals surface area contributed by atoms with Crippen molar-refractivity contribution in [2.45, 2.75) is 5.75 Å². The van der Waals surface area contributed by atoms with Crippen LogP contribution in [-0.2, 0) is 10.5 Å². The Labute approximate surface area is 100 Å². The van der Waals surface area contributed by atoms with Crippen molar-refractivity contribution < 1.29 is 4.79 Å². The highest BCUT2D eigenvalue weighted by molar-refractivity contribution is 7.97. The monoisotopic (exact) mass is 246 g/mol. The van der Waals surface area contributed by atoms with Gasteiger partial charge in [0.15, 0.2) is 0 Å². The van der Waals surface area contributed by atoms with Gasteiger partial charge in [0.1, 0.15) is 0 Å². The van der Waals surface area contributed by atoms with Crippen LogP contribution in [0.3, 0.4) is 0 Å². The van der Waals surface area contributed by atoms with Gasteiger partial charge in [0.2, 0.25) is 5.91 Å². The van der Waals surface area contributed by atoms with Gasteiger partial charge in [-0.05, 0) is 24.0 Å². The molecule has 84 valence electrons. The third-order valence-electron chi connectivity index (χ3n) is 1.73. The van der Waals surface area contributed by atoms with Crippen molar-refractivity contribution in [3.63, 3.8) is 0 Å². The number of nitrogens with two attached hydrogens (primary N) is 1. The van der Waals surface area contributed by atoms with Crippen molar-refractivity contribution in [3.05, 3.63) is 29.8 Å². The fraction of sp³-hybridized carbons (Fsp3) is 0.300. The maximum atomic E-state index is 11.0. The summed E-state index contributed by atoms with van der Waals surface area (Å²) in [5.74, 6) is 0.827. The number of carbonyl (C=O) groups is 1. The van der Waals surface area contributed by atoms with Gasteiger partial charge in [-0.2, -0.15) is 11.8 Å². The van der Waals surface area contributed by atoms with Crippen molar-refractivity contribution >= 4 is 35.8 Å². The number of hydrogen-bond acceptors (Lipinski definition) is 3. The summed E-state index contributed by atoms with van der Waals surface area (Å²) in [4.78, 5) is 11.0. The second-order valence-electron chi connectivity index (χ2n) is 2.88. The lowest BCUT2D eigenvalue weighted by Crippen LogP contribution is -2.21. The summed E-state index contributed by atoms with van der Waals surface area (Å²) in [6, 6.07) is 7.78. The van der Waals surface area contributed by atoms with E-state index in [0.29, 0.717) is 0 Å². The highest BCUT2D eigenvalue weighted by atomic mass is 35.5. The van der Waals surface area contributed by atoms with Gasteiger partial charge < -0.3 is 11.1 Å². The standard InChI is InChI=1S/C10H14N2OS.ClH/c1-14-7-8-2-4-9(5-3-8)12-10(13)6-11;/h2-5H,6-7,11H2,1H3,(H,12,13);1H. The topological polar surface area (TPSA) is 55.1 Å². The quantitative estimate of drug-likeness (QED) is 0.853. The van der Waals surface area contributed by atoms with Gasteiger partial charge in [-0.1, -0.05) is 12.1 Å². The molecule has 0 radical (unpaired) electrons. The van der Waals surface area contributed by atoms with Gasteiger partial charge in [0, 0.05) is 11.4 Å². The Balaban J connectivity index is 0.00000196. The Bertz CT molecular complexity index is 303. The van der Waals surface area contributed by atoms with Crippen LogP contribution in [0.15, 0.2) is 24.3 Å². The maximum Gasteiger partial charge on any atom is 0.238 e. The number of benzene rings is 1. The second kappa shape index (κ2) is 7.56. The fourth-order valence-electron chi connectivity index (χ4n) is 1.06. The number of carbonyl (C=O) groups excluding carboxylic acids is 1. The van der Waals surface area contributed by atoms with E-state index < -0.39 is 0 Å². The van der Waals surface area contributed by atoms with Crippen molar-refractivity contribution in [1.29, 1.82) is 0 Å². The molecule has 0 saturated heterocycles. The summed E-state index contributed by atoms with van der Waals surface area (Å²) in [6.07, 6.45) is 2.06. The molecule has 1 amide bonds. The van der Waals surface area contributed by atoms with Gasteiger partial charge >= 0.3 is 0 Å². The Kier molecular flexibility index (Phi) is 7.21. The van der Waals surface area contributed by atoms with E-state index in [2.05, 4.69) is 11.6 Å². The van der Waals surface area contributed by atoms with E-state index in [1.165, 1.54) is 5.56 Å². The molecule has 5 heteroatoms. The van der Waals surface area contributed by atoms with Crippen molar-refractivity contribution in [2.24, 2.45) is 5.73 Å². The fourth-order valence-corrected chi connectivity index (χ4v) is 1.59. The number of thioether (sulfide) groups is 1. The first-order valence-corrected chi connectivity index (χ1v) is 5.73. The number of halogens is 1. The Morgan fingerprint density at radius 3 is 2.47 bits per heavy atom. The Morgan fingerprint density at radius 1 is 1.40 bits per heavy atom. The molecule has 0 atom stereocenters. The largest absolute Gasteiger partial charge is 0.325 e. The van der Waals surface area contributed by atoms with Gasteiger partial charge in [-0.25, -0.2) is 0 Å². The van der Waals surface area contributed by atoms with Gasteiger partial charge in [-0.15, -0.1) is 12.4 Å². The van der Waals surface area contributed by atoms with Crippen LogP contribution in [0.25, 0.3) is 0 Å². The summed E-state index contributed by atoms with van der Waals surface area (Å²) >= 11 is 1.77. The summed E-state index contributed by atoms with van der Waals surface area (Å²) < 4.78 is 0. The van der Waals surface area contributed by atoms with Crippen LogP contribution < -0.4 is 11.1 Å². The van der Waals surface area contributed by atoms with E-state index in [9.17, 15) is 4.79 Å². The summed E-state index contributed by atoms with van der Waals surface area (Å²) in [5.41, 5.74) is 7.23. The predicted molar refractivity (Wildman–Crippen MR) is 68.6 cm³/mol. The zero-order chi connectivity index (χ0) is 10.4.